The first-order valence-corrected chi connectivity index (χ1v) is 5.04. The summed E-state index contributed by atoms with van der Waals surface area (Å²) < 4.78 is 0. The molecule has 4 heteroatoms. The van der Waals surface area contributed by atoms with Crippen molar-refractivity contribution >= 4 is 5.91 Å². The van der Waals surface area contributed by atoms with E-state index in [0.717, 1.165) is 0 Å². The first kappa shape index (κ1) is 13.4. The van der Waals surface area contributed by atoms with Crippen LogP contribution in [0.25, 0.3) is 0 Å². The van der Waals surface area contributed by atoms with Crippen molar-refractivity contribution < 1.29 is 9.90 Å². The number of hydrogen-bond donors (Lipinski definition) is 2. The van der Waals surface area contributed by atoms with Crippen molar-refractivity contribution in [3.05, 3.63) is 0 Å². The maximum absolute atomic E-state index is 11.1. The van der Waals surface area contributed by atoms with Crippen LogP contribution in [0, 0.1) is 5.92 Å². The fourth-order valence-electron chi connectivity index (χ4n) is 0.905. The molecule has 0 fully saturated rings. The van der Waals surface area contributed by atoms with Gasteiger partial charge in [0.25, 0.3) is 0 Å². The minimum absolute atomic E-state index is 0.108. The number of aliphatic hydroxyl groups excluding tert-OH is 1. The molecule has 0 bridgehead atoms. The molecule has 0 heterocycles. The van der Waals surface area contributed by atoms with Crippen LogP contribution in [-0.2, 0) is 4.79 Å². The molecule has 0 aliphatic carbocycles. The van der Waals surface area contributed by atoms with Gasteiger partial charge in [0.1, 0.15) is 0 Å². The van der Waals surface area contributed by atoms with Crippen LogP contribution >= 0.6 is 0 Å². The number of nitrogens with one attached hydrogen (secondary N) is 1. The van der Waals surface area contributed by atoms with Gasteiger partial charge < -0.3 is 15.3 Å². The Hall–Kier alpha value is -0.610. The van der Waals surface area contributed by atoms with Gasteiger partial charge in [-0.2, -0.15) is 0 Å². The normalized spacial score (nSPS) is 13.0. The van der Waals surface area contributed by atoms with Crippen LogP contribution in [0.15, 0.2) is 0 Å². The summed E-state index contributed by atoms with van der Waals surface area (Å²) in [5, 5.41) is 12.5. The summed E-state index contributed by atoms with van der Waals surface area (Å²) in [7, 11) is 3.48. The highest BCUT2D eigenvalue weighted by molar-refractivity contribution is 5.75. The van der Waals surface area contributed by atoms with Gasteiger partial charge in [0, 0.05) is 33.6 Å². The number of nitrogens with zero attached hydrogens (tertiary/aromatic N) is 1. The van der Waals surface area contributed by atoms with Crippen LogP contribution in [0.5, 0.6) is 0 Å². The van der Waals surface area contributed by atoms with Crippen molar-refractivity contribution in [3.8, 4) is 0 Å². The van der Waals surface area contributed by atoms with Gasteiger partial charge in [0.15, 0.2) is 0 Å². The SMILES string of the molecule is CC(C)C(O)CNCCC(=O)N(C)C. The lowest BCUT2D eigenvalue weighted by atomic mass is 10.1. The van der Waals surface area contributed by atoms with E-state index in [4.69, 9.17) is 0 Å². The average Bonchev–Trinajstić information content (AvgIpc) is 2.11. The molecule has 84 valence electrons. The highest BCUT2D eigenvalue weighted by Gasteiger charge is 2.08. The molecule has 0 aliphatic rings. The predicted molar refractivity (Wildman–Crippen MR) is 57.0 cm³/mol. The van der Waals surface area contributed by atoms with Gasteiger partial charge in [-0.05, 0) is 5.92 Å². The summed E-state index contributed by atoms with van der Waals surface area (Å²) in [5.74, 6) is 0.364. The van der Waals surface area contributed by atoms with Crippen LogP contribution in [0.4, 0.5) is 0 Å². The zero-order chi connectivity index (χ0) is 11.1. The van der Waals surface area contributed by atoms with E-state index in [1.807, 2.05) is 13.8 Å². The quantitative estimate of drug-likeness (QED) is 0.599. The topological polar surface area (TPSA) is 52.6 Å². The summed E-state index contributed by atoms with van der Waals surface area (Å²) in [6.45, 7) is 5.12. The molecule has 1 unspecified atom stereocenters. The molecule has 0 aromatic rings. The molecule has 1 amide bonds. The Labute approximate surface area is 86.3 Å². The monoisotopic (exact) mass is 202 g/mol. The van der Waals surface area contributed by atoms with E-state index in [2.05, 4.69) is 5.32 Å². The van der Waals surface area contributed by atoms with E-state index in [1.54, 1.807) is 19.0 Å². The van der Waals surface area contributed by atoms with Gasteiger partial charge in [-0.25, -0.2) is 0 Å². The lowest BCUT2D eigenvalue weighted by Gasteiger charge is -2.15. The number of carbonyl (C=O) groups is 1. The highest BCUT2D eigenvalue weighted by atomic mass is 16.3. The second-order valence-corrected chi connectivity index (χ2v) is 4.05. The van der Waals surface area contributed by atoms with Crippen LogP contribution in [0.3, 0.4) is 0 Å². The Morgan fingerprint density at radius 1 is 1.43 bits per heavy atom. The van der Waals surface area contributed by atoms with Gasteiger partial charge in [-0.1, -0.05) is 13.8 Å². The van der Waals surface area contributed by atoms with Crippen molar-refractivity contribution in [2.24, 2.45) is 5.92 Å². The number of amides is 1. The Kier molecular flexibility index (Phi) is 6.49. The molecule has 2 N–H and O–H groups in total. The molecule has 0 aromatic heterocycles. The molecular formula is C10H22N2O2. The van der Waals surface area contributed by atoms with Crippen molar-refractivity contribution in [2.75, 3.05) is 27.2 Å². The second-order valence-electron chi connectivity index (χ2n) is 4.05. The number of carbonyl (C=O) groups excluding carboxylic acids is 1. The average molecular weight is 202 g/mol. The molecule has 0 spiro atoms. The first-order valence-electron chi connectivity index (χ1n) is 5.04. The highest BCUT2D eigenvalue weighted by Crippen LogP contribution is 1.98. The van der Waals surface area contributed by atoms with Gasteiger partial charge in [-0.3, -0.25) is 4.79 Å². The fourth-order valence-corrected chi connectivity index (χ4v) is 0.905. The lowest BCUT2D eigenvalue weighted by Crippen LogP contribution is -2.33. The number of hydrogen-bond acceptors (Lipinski definition) is 3. The van der Waals surface area contributed by atoms with E-state index in [1.165, 1.54) is 0 Å². The van der Waals surface area contributed by atoms with E-state index < -0.39 is 0 Å². The van der Waals surface area contributed by atoms with Crippen LogP contribution in [-0.4, -0.2) is 49.2 Å². The minimum atomic E-state index is -0.329. The first-order chi connectivity index (χ1) is 6.45. The molecule has 14 heavy (non-hydrogen) atoms. The number of rotatable bonds is 6. The van der Waals surface area contributed by atoms with Crippen molar-refractivity contribution in [1.29, 1.82) is 0 Å². The molecule has 0 saturated heterocycles. The lowest BCUT2D eigenvalue weighted by molar-refractivity contribution is -0.128. The maximum Gasteiger partial charge on any atom is 0.223 e. The maximum atomic E-state index is 11.1. The standard InChI is InChI=1S/C10H22N2O2/c1-8(2)9(13)7-11-6-5-10(14)12(3)4/h8-9,11,13H,5-7H2,1-4H3. The molecule has 0 rings (SSSR count). The number of aliphatic hydroxyl groups is 1. The molecule has 4 nitrogen and oxygen atoms in total. The summed E-state index contributed by atoms with van der Waals surface area (Å²) in [5.41, 5.74) is 0. The molecule has 0 aromatic carbocycles. The summed E-state index contributed by atoms with van der Waals surface area (Å²) in [4.78, 5) is 12.7. The summed E-state index contributed by atoms with van der Waals surface area (Å²) >= 11 is 0. The van der Waals surface area contributed by atoms with E-state index >= 15 is 0 Å². The van der Waals surface area contributed by atoms with Crippen LogP contribution in [0.2, 0.25) is 0 Å². The largest absolute Gasteiger partial charge is 0.392 e. The zero-order valence-corrected chi connectivity index (χ0v) is 9.58. The Balaban J connectivity index is 3.43. The molecule has 0 radical (unpaired) electrons. The third-order valence-electron chi connectivity index (χ3n) is 2.14. The van der Waals surface area contributed by atoms with Crippen LogP contribution in [0.1, 0.15) is 20.3 Å². The Bertz CT molecular complexity index is 170. The minimum Gasteiger partial charge on any atom is -0.392 e. The van der Waals surface area contributed by atoms with Gasteiger partial charge in [0.2, 0.25) is 5.91 Å². The smallest absolute Gasteiger partial charge is 0.223 e. The van der Waals surface area contributed by atoms with Crippen LogP contribution < -0.4 is 5.32 Å². The Morgan fingerprint density at radius 2 is 2.00 bits per heavy atom. The van der Waals surface area contributed by atoms with E-state index in [9.17, 15) is 9.90 Å². The third-order valence-corrected chi connectivity index (χ3v) is 2.14. The summed E-state index contributed by atoms with van der Waals surface area (Å²) in [6.07, 6.45) is 0.155. The van der Waals surface area contributed by atoms with Gasteiger partial charge in [-0.15, -0.1) is 0 Å². The van der Waals surface area contributed by atoms with Gasteiger partial charge in [0.05, 0.1) is 6.10 Å². The van der Waals surface area contributed by atoms with Gasteiger partial charge >= 0.3 is 0 Å². The zero-order valence-electron chi connectivity index (χ0n) is 9.58. The predicted octanol–water partition coefficient (Wildman–Crippen LogP) is 0.0712. The van der Waals surface area contributed by atoms with Crippen molar-refractivity contribution in [3.63, 3.8) is 0 Å². The second kappa shape index (κ2) is 6.79. The molecule has 1 atom stereocenters. The van der Waals surface area contributed by atoms with E-state index in [0.29, 0.717) is 19.5 Å². The van der Waals surface area contributed by atoms with Crippen molar-refractivity contribution in [2.45, 2.75) is 26.4 Å². The fraction of sp³-hybridized carbons (Fsp3) is 0.900. The van der Waals surface area contributed by atoms with E-state index in [-0.39, 0.29) is 17.9 Å². The molecule has 0 saturated carbocycles. The molecular weight excluding hydrogens is 180 g/mol. The van der Waals surface area contributed by atoms with Crippen molar-refractivity contribution in [1.82, 2.24) is 10.2 Å². The Morgan fingerprint density at radius 3 is 2.43 bits per heavy atom. The third kappa shape index (κ3) is 5.94. The summed E-state index contributed by atoms with van der Waals surface area (Å²) in [6, 6.07) is 0. The molecule has 0 aliphatic heterocycles.